The van der Waals surface area contributed by atoms with Crippen molar-refractivity contribution < 1.29 is 13.6 Å². The maximum atomic E-state index is 13.1. The lowest BCUT2D eigenvalue weighted by atomic mass is 10.2. The largest absolute Gasteiger partial charge is 0.348 e. The molecule has 0 saturated carbocycles. The summed E-state index contributed by atoms with van der Waals surface area (Å²) in [6.45, 7) is 0.221. The predicted molar refractivity (Wildman–Crippen MR) is 81.1 cm³/mol. The minimum atomic E-state index is -0.346. The Morgan fingerprint density at radius 2 is 1.87 bits per heavy atom. The molecule has 0 aliphatic heterocycles. The van der Waals surface area contributed by atoms with Gasteiger partial charge in [-0.05, 0) is 42.0 Å². The quantitative estimate of drug-likeness (QED) is 0.804. The molecule has 0 saturated heterocycles. The van der Waals surface area contributed by atoms with Crippen molar-refractivity contribution in [1.29, 1.82) is 0 Å². The van der Waals surface area contributed by atoms with Gasteiger partial charge in [0.05, 0.1) is 17.4 Å². The van der Waals surface area contributed by atoms with E-state index >= 15 is 0 Å². The van der Waals surface area contributed by atoms with Gasteiger partial charge < -0.3 is 5.32 Å². The van der Waals surface area contributed by atoms with Crippen LogP contribution in [-0.4, -0.2) is 15.7 Å². The molecule has 23 heavy (non-hydrogen) atoms. The zero-order valence-corrected chi connectivity index (χ0v) is 12.0. The van der Waals surface area contributed by atoms with Crippen molar-refractivity contribution in [2.45, 2.75) is 6.54 Å². The van der Waals surface area contributed by atoms with Crippen LogP contribution < -0.4 is 5.32 Å². The van der Waals surface area contributed by atoms with Crippen LogP contribution in [0, 0.1) is 11.6 Å². The van der Waals surface area contributed by atoms with Gasteiger partial charge >= 0.3 is 0 Å². The van der Waals surface area contributed by atoms with Gasteiger partial charge in [-0.15, -0.1) is 0 Å². The van der Waals surface area contributed by atoms with Crippen LogP contribution >= 0.6 is 0 Å². The van der Waals surface area contributed by atoms with E-state index in [9.17, 15) is 13.6 Å². The third-order valence-corrected chi connectivity index (χ3v) is 3.28. The first-order valence-corrected chi connectivity index (χ1v) is 6.95. The van der Waals surface area contributed by atoms with Crippen molar-refractivity contribution >= 4 is 5.91 Å². The Morgan fingerprint density at radius 3 is 2.61 bits per heavy atom. The standard InChI is InChI=1S/C17H13F2N3O/c18-14-4-6-16(7-5-14)22-11-13(10-21-22)17(23)20-9-12-2-1-3-15(19)8-12/h1-8,10-11H,9H2,(H,20,23). The second-order valence-electron chi connectivity index (χ2n) is 4.96. The van der Waals surface area contributed by atoms with E-state index < -0.39 is 0 Å². The fourth-order valence-corrected chi connectivity index (χ4v) is 2.11. The van der Waals surface area contributed by atoms with E-state index in [1.807, 2.05) is 0 Å². The molecule has 0 aliphatic carbocycles. The third-order valence-electron chi connectivity index (χ3n) is 3.28. The van der Waals surface area contributed by atoms with Crippen LogP contribution in [-0.2, 0) is 6.54 Å². The number of halogens is 2. The molecule has 1 amide bonds. The average Bonchev–Trinajstić information content (AvgIpc) is 3.03. The molecule has 0 aliphatic rings. The fourth-order valence-electron chi connectivity index (χ4n) is 2.11. The maximum Gasteiger partial charge on any atom is 0.254 e. The molecule has 2 aromatic carbocycles. The van der Waals surface area contributed by atoms with Crippen LogP contribution in [0.4, 0.5) is 8.78 Å². The summed E-state index contributed by atoms with van der Waals surface area (Å²) in [5.41, 5.74) is 1.69. The number of amides is 1. The number of hydrogen-bond acceptors (Lipinski definition) is 2. The molecule has 3 rings (SSSR count). The van der Waals surface area contributed by atoms with Crippen LogP contribution in [0.5, 0.6) is 0 Å². The zero-order chi connectivity index (χ0) is 16.2. The lowest BCUT2D eigenvalue weighted by Crippen LogP contribution is -2.22. The summed E-state index contributed by atoms with van der Waals surface area (Å²) in [5.74, 6) is -1.00. The lowest BCUT2D eigenvalue weighted by Gasteiger charge is -2.04. The monoisotopic (exact) mass is 313 g/mol. The Kier molecular flexibility index (Phi) is 4.14. The van der Waals surface area contributed by atoms with Crippen LogP contribution in [0.15, 0.2) is 60.9 Å². The molecule has 1 aromatic heterocycles. The smallest absolute Gasteiger partial charge is 0.254 e. The molecule has 0 atom stereocenters. The Labute approximate surface area is 131 Å². The van der Waals surface area contributed by atoms with E-state index in [0.717, 1.165) is 0 Å². The number of hydrogen-bond donors (Lipinski definition) is 1. The van der Waals surface area contributed by atoms with Crippen molar-refractivity contribution in [3.63, 3.8) is 0 Å². The van der Waals surface area contributed by atoms with Gasteiger partial charge in [-0.25, -0.2) is 13.5 Å². The molecule has 6 heteroatoms. The summed E-state index contributed by atoms with van der Waals surface area (Å²) in [6.07, 6.45) is 2.97. The van der Waals surface area contributed by atoms with Crippen LogP contribution in [0.3, 0.4) is 0 Å². The van der Waals surface area contributed by atoms with Gasteiger partial charge in [0.15, 0.2) is 0 Å². The number of aromatic nitrogens is 2. The summed E-state index contributed by atoms with van der Waals surface area (Å²) < 4.78 is 27.5. The third kappa shape index (κ3) is 3.60. The van der Waals surface area contributed by atoms with E-state index in [0.29, 0.717) is 16.8 Å². The molecule has 3 aromatic rings. The van der Waals surface area contributed by atoms with Gasteiger partial charge in [0.2, 0.25) is 0 Å². The summed E-state index contributed by atoms with van der Waals surface area (Å²) in [7, 11) is 0. The molecule has 0 radical (unpaired) electrons. The van der Waals surface area contributed by atoms with E-state index in [4.69, 9.17) is 0 Å². The van der Waals surface area contributed by atoms with Gasteiger partial charge in [-0.3, -0.25) is 4.79 Å². The molecule has 0 spiro atoms. The number of benzene rings is 2. The predicted octanol–water partition coefficient (Wildman–Crippen LogP) is 3.08. The van der Waals surface area contributed by atoms with Crippen LogP contribution in [0.2, 0.25) is 0 Å². The summed E-state index contributed by atoms with van der Waals surface area (Å²) in [6, 6.07) is 11.8. The molecule has 0 bridgehead atoms. The van der Waals surface area contributed by atoms with Crippen LogP contribution in [0.25, 0.3) is 5.69 Å². The second kappa shape index (κ2) is 6.39. The van der Waals surface area contributed by atoms with Crippen molar-refractivity contribution in [3.05, 3.63) is 83.7 Å². The minimum absolute atomic E-state index is 0.221. The Balaban J connectivity index is 1.67. The molecular formula is C17H13F2N3O. The van der Waals surface area contributed by atoms with Crippen molar-refractivity contribution in [1.82, 2.24) is 15.1 Å². The number of nitrogens with one attached hydrogen (secondary N) is 1. The van der Waals surface area contributed by atoms with Gasteiger partial charge in [0.1, 0.15) is 11.6 Å². The highest BCUT2D eigenvalue weighted by atomic mass is 19.1. The first-order valence-electron chi connectivity index (χ1n) is 6.95. The SMILES string of the molecule is O=C(NCc1cccc(F)c1)c1cnn(-c2ccc(F)cc2)c1. The molecule has 1 heterocycles. The maximum absolute atomic E-state index is 13.1. The van der Waals surface area contributed by atoms with Gasteiger partial charge in [0, 0.05) is 12.7 Å². The average molecular weight is 313 g/mol. The number of carbonyl (C=O) groups is 1. The highest BCUT2D eigenvalue weighted by Gasteiger charge is 2.09. The first kappa shape index (κ1) is 14.9. The minimum Gasteiger partial charge on any atom is -0.348 e. The van der Waals surface area contributed by atoms with Gasteiger partial charge in [-0.1, -0.05) is 12.1 Å². The normalized spacial score (nSPS) is 10.5. The molecule has 1 N–H and O–H groups in total. The fraction of sp³-hybridized carbons (Fsp3) is 0.0588. The topological polar surface area (TPSA) is 46.9 Å². The highest BCUT2D eigenvalue weighted by Crippen LogP contribution is 2.10. The Bertz CT molecular complexity index is 828. The molecule has 116 valence electrons. The molecule has 0 fully saturated rings. The van der Waals surface area contributed by atoms with E-state index in [1.54, 1.807) is 30.5 Å². The summed E-state index contributed by atoms with van der Waals surface area (Å²) >= 11 is 0. The van der Waals surface area contributed by atoms with Crippen molar-refractivity contribution in [3.8, 4) is 5.69 Å². The second-order valence-corrected chi connectivity index (χ2v) is 4.96. The van der Waals surface area contributed by atoms with Crippen LogP contribution in [0.1, 0.15) is 15.9 Å². The molecule has 0 unspecified atom stereocenters. The van der Waals surface area contributed by atoms with Gasteiger partial charge in [-0.2, -0.15) is 5.10 Å². The number of rotatable bonds is 4. The Hall–Kier alpha value is -3.02. The lowest BCUT2D eigenvalue weighted by molar-refractivity contribution is 0.0951. The summed E-state index contributed by atoms with van der Waals surface area (Å²) in [5, 5.41) is 6.78. The number of nitrogens with zero attached hydrogens (tertiary/aromatic N) is 2. The Morgan fingerprint density at radius 1 is 1.09 bits per heavy atom. The van der Waals surface area contributed by atoms with Crippen molar-refractivity contribution in [2.24, 2.45) is 0 Å². The highest BCUT2D eigenvalue weighted by molar-refractivity contribution is 5.93. The van der Waals surface area contributed by atoms with E-state index in [-0.39, 0.29) is 24.1 Å². The first-order chi connectivity index (χ1) is 11.1. The van der Waals surface area contributed by atoms with E-state index in [2.05, 4.69) is 10.4 Å². The van der Waals surface area contributed by atoms with E-state index in [1.165, 1.54) is 35.1 Å². The zero-order valence-electron chi connectivity index (χ0n) is 12.0. The summed E-state index contributed by atoms with van der Waals surface area (Å²) in [4.78, 5) is 12.1. The van der Waals surface area contributed by atoms with Crippen molar-refractivity contribution in [2.75, 3.05) is 0 Å². The number of carbonyl (C=O) groups excluding carboxylic acids is 1. The molecule has 4 nitrogen and oxygen atoms in total. The van der Waals surface area contributed by atoms with Gasteiger partial charge in [0.25, 0.3) is 5.91 Å². The molecular weight excluding hydrogens is 300 g/mol.